The van der Waals surface area contributed by atoms with Gasteiger partial charge in [0.05, 0.1) is 11.9 Å². The number of ether oxygens (including phenoxy) is 1. The van der Waals surface area contributed by atoms with Gasteiger partial charge in [0.2, 0.25) is 5.82 Å². The van der Waals surface area contributed by atoms with Crippen molar-refractivity contribution in [2.45, 2.75) is 6.18 Å². The molecule has 0 spiro atoms. The lowest BCUT2D eigenvalue weighted by Gasteiger charge is -2.12. The molecule has 2 rings (SSSR count). The van der Waals surface area contributed by atoms with E-state index in [-0.39, 0.29) is 5.69 Å². The van der Waals surface area contributed by atoms with Crippen molar-refractivity contribution in [3.63, 3.8) is 0 Å². The number of nitrogens with zero attached hydrogens (tertiary/aromatic N) is 1. The van der Waals surface area contributed by atoms with Gasteiger partial charge in [-0.1, -0.05) is 6.07 Å². The number of nitrogen functional groups attached to an aromatic ring is 1. The number of halogens is 5. The Morgan fingerprint density at radius 2 is 1.80 bits per heavy atom. The molecule has 0 bridgehead atoms. The molecule has 3 nitrogen and oxygen atoms in total. The molecule has 0 saturated carbocycles. The number of pyridine rings is 1. The fourth-order valence-electron chi connectivity index (χ4n) is 1.37. The van der Waals surface area contributed by atoms with Gasteiger partial charge in [0.15, 0.2) is 17.3 Å². The Kier molecular flexibility index (Phi) is 3.47. The van der Waals surface area contributed by atoms with E-state index in [9.17, 15) is 22.0 Å². The summed E-state index contributed by atoms with van der Waals surface area (Å²) in [7, 11) is 0. The Bertz CT molecular complexity index is 642. The van der Waals surface area contributed by atoms with Gasteiger partial charge in [-0.3, -0.25) is 0 Å². The fourth-order valence-corrected chi connectivity index (χ4v) is 1.37. The standard InChI is InChI=1S/C12H7F5N2O/c13-6-2-1-3-8(11(6)14)20-9-4-10(12(15,16)17)19-5-7(9)18/h1-5H,18H2. The van der Waals surface area contributed by atoms with E-state index in [0.29, 0.717) is 6.07 Å². The van der Waals surface area contributed by atoms with Crippen LogP contribution >= 0.6 is 0 Å². The van der Waals surface area contributed by atoms with E-state index in [0.717, 1.165) is 24.4 Å². The second-order valence-electron chi connectivity index (χ2n) is 3.76. The van der Waals surface area contributed by atoms with E-state index < -0.39 is 35.0 Å². The maximum absolute atomic E-state index is 13.4. The average molecular weight is 290 g/mol. The van der Waals surface area contributed by atoms with Crippen molar-refractivity contribution in [2.75, 3.05) is 5.73 Å². The molecule has 20 heavy (non-hydrogen) atoms. The Labute approximate surface area is 109 Å². The summed E-state index contributed by atoms with van der Waals surface area (Å²) < 4.78 is 68.7. The first kappa shape index (κ1) is 14.0. The van der Waals surface area contributed by atoms with Gasteiger partial charge in [0.25, 0.3) is 0 Å². The molecule has 2 N–H and O–H groups in total. The highest BCUT2D eigenvalue weighted by atomic mass is 19.4. The summed E-state index contributed by atoms with van der Waals surface area (Å²) in [4.78, 5) is 3.09. The quantitative estimate of drug-likeness (QED) is 0.857. The summed E-state index contributed by atoms with van der Waals surface area (Å²) in [5.41, 5.74) is 3.91. The predicted molar refractivity (Wildman–Crippen MR) is 60.1 cm³/mol. The van der Waals surface area contributed by atoms with Crippen molar-refractivity contribution in [1.82, 2.24) is 4.98 Å². The van der Waals surface area contributed by atoms with Gasteiger partial charge in [-0.25, -0.2) is 9.37 Å². The molecular formula is C12H7F5N2O. The van der Waals surface area contributed by atoms with Crippen LogP contribution in [0.2, 0.25) is 0 Å². The van der Waals surface area contributed by atoms with Crippen LogP contribution in [0.1, 0.15) is 5.69 Å². The van der Waals surface area contributed by atoms with Crippen LogP contribution < -0.4 is 10.5 Å². The van der Waals surface area contributed by atoms with Crippen LogP contribution in [0.5, 0.6) is 11.5 Å². The van der Waals surface area contributed by atoms with Crippen molar-refractivity contribution < 1.29 is 26.7 Å². The Morgan fingerprint density at radius 3 is 2.45 bits per heavy atom. The molecule has 0 aliphatic rings. The Hall–Kier alpha value is -2.38. The number of anilines is 1. The van der Waals surface area contributed by atoms with Crippen LogP contribution in [0.4, 0.5) is 27.6 Å². The van der Waals surface area contributed by atoms with Crippen LogP contribution in [0.3, 0.4) is 0 Å². The maximum atomic E-state index is 13.4. The van der Waals surface area contributed by atoms with Gasteiger partial charge >= 0.3 is 6.18 Å². The number of nitrogens with two attached hydrogens (primary N) is 1. The molecule has 0 fully saturated rings. The molecule has 1 aromatic carbocycles. The molecule has 1 aromatic heterocycles. The number of benzene rings is 1. The van der Waals surface area contributed by atoms with Crippen LogP contribution in [0.15, 0.2) is 30.5 Å². The third kappa shape index (κ3) is 2.79. The zero-order valence-corrected chi connectivity index (χ0v) is 9.71. The normalized spacial score (nSPS) is 11.4. The first-order valence-corrected chi connectivity index (χ1v) is 5.23. The van der Waals surface area contributed by atoms with Gasteiger partial charge in [-0.05, 0) is 12.1 Å². The van der Waals surface area contributed by atoms with Gasteiger partial charge in [-0.2, -0.15) is 17.6 Å². The minimum Gasteiger partial charge on any atom is -0.452 e. The third-order valence-corrected chi connectivity index (χ3v) is 2.32. The topological polar surface area (TPSA) is 48.1 Å². The molecule has 2 aromatic rings. The third-order valence-electron chi connectivity index (χ3n) is 2.32. The van der Waals surface area contributed by atoms with E-state index in [4.69, 9.17) is 10.5 Å². The second kappa shape index (κ2) is 4.95. The molecule has 0 amide bonds. The summed E-state index contributed by atoms with van der Waals surface area (Å²) >= 11 is 0. The smallest absolute Gasteiger partial charge is 0.433 e. The highest BCUT2D eigenvalue weighted by Gasteiger charge is 2.33. The van der Waals surface area contributed by atoms with E-state index in [2.05, 4.69) is 4.98 Å². The molecule has 0 aliphatic heterocycles. The van der Waals surface area contributed by atoms with Gasteiger partial charge in [0.1, 0.15) is 5.69 Å². The molecular weight excluding hydrogens is 283 g/mol. The first-order valence-electron chi connectivity index (χ1n) is 5.23. The van der Waals surface area contributed by atoms with Crippen LogP contribution in [0, 0.1) is 11.6 Å². The van der Waals surface area contributed by atoms with Crippen molar-refractivity contribution in [1.29, 1.82) is 0 Å². The molecule has 0 unspecified atom stereocenters. The number of rotatable bonds is 2. The molecule has 0 radical (unpaired) electrons. The SMILES string of the molecule is Nc1cnc(C(F)(F)F)cc1Oc1cccc(F)c1F. The van der Waals surface area contributed by atoms with Crippen LogP contribution in [0.25, 0.3) is 0 Å². The monoisotopic (exact) mass is 290 g/mol. The van der Waals surface area contributed by atoms with E-state index in [1.807, 2.05) is 0 Å². The van der Waals surface area contributed by atoms with Gasteiger partial charge in [-0.15, -0.1) is 0 Å². The Balaban J connectivity index is 2.41. The summed E-state index contributed by atoms with van der Waals surface area (Å²) in [5.74, 6) is -3.55. The minimum absolute atomic E-state index is 0.235. The van der Waals surface area contributed by atoms with Crippen LogP contribution in [-0.4, -0.2) is 4.98 Å². The Morgan fingerprint density at radius 1 is 1.10 bits per heavy atom. The van der Waals surface area contributed by atoms with Gasteiger partial charge < -0.3 is 10.5 Å². The zero-order valence-electron chi connectivity index (χ0n) is 9.71. The van der Waals surface area contributed by atoms with E-state index in [1.54, 1.807) is 0 Å². The summed E-state index contributed by atoms with van der Waals surface area (Å²) in [6, 6.07) is 3.57. The van der Waals surface area contributed by atoms with Crippen molar-refractivity contribution >= 4 is 5.69 Å². The van der Waals surface area contributed by atoms with E-state index >= 15 is 0 Å². The lowest BCUT2D eigenvalue weighted by Crippen LogP contribution is -2.09. The van der Waals surface area contributed by atoms with Gasteiger partial charge in [0, 0.05) is 6.07 Å². The maximum Gasteiger partial charge on any atom is 0.433 e. The molecule has 0 atom stereocenters. The summed E-state index contributed by atoms with van der Waals surface area (Å²) in [6.07, 6.45) is -3.97. The summed E-state index contributed by atoms with van der Waals surface area (Å²) in [6.45, 7) is 0. The average Bonchev–Trinajstić information content (AvgIpc) is 2.36. The zero-order chi connectivity index (χ0) is 14.9. The molecule has 8 heteroatoms. The predicted octanol–water partition coefficient (Wildman–Crippen LogP) is 3.75. The first-order chi connectivity index (χ1) is 9.29. The lowest BCUT2D eigenvalue weighted by atomic mass is 10.3. The summed E-state index contributed by atoms with van der Waals surface area (Å²) in [5, 5.41) is 0. The minimum atomic E-state index is -4.70. The molecule has 0 aliphatic carbocycles. The molecule has 106 valence electrons. The number of hydrogen-bond donors (Lipinski definition) is 1. The largest absolute Gasteiger partial charge is 0.452 e. The number of hydrogen-bond acceptors (Lipinski definition) is 3. The molecule has 1 heterocycles. The lowest BCUT2D eigenvalue weighted by molar-refractivity contribution is -0.141. The highest BCUT2D eigenvalue weighted by Crippen LogP contribution is 2.35. The van der Waals surface area contributed by atoms with E-state index in [1.165, 1.54) is 0 Å². The number of aromatic nitrogens is 1. The molecule has 0 saturated heterocycles. The fraction of sp³-hybridized carbons (Fsp3) is 0.0833. The second-order valence-corrected chi connectivity index (χ2v) is 3.76. The highest BCUT2D eigenvalue weighted by molar-refractivity contribution is 5.53. The van der Waals surface area contributed by atoms with Crippen LogP contribution in [-0.2, 0) is 6.18 Å². The number of alkyl halides is 3. The van der Waals surface area contributed by atoms with Crippen molar-refractivity contribution in [3.05, 3.63) is 47.8 Å². The van der Waals surface area contributed by atoms with Crippen molar-refractivity contribution in [2.24, 2.45) is 0 Å². The van der Waals surface area contributed by atoms with Crippen molar-refractivity contribution in [3.8, 4) is 11.5 Å².